The normalized spacial score (nSPS) is 11.8. The van der Waals surface area contributed by atoms with Gasteiger partial charge in [-0.15, -0.1) is 0 Å². The molecule has 4 nitrogen and oxygen atoms in total. The molecule has 16 heavy (non-hydrogen) atoms. The molecule has 0 saturated heterocycles. The van der Waals surface area contributed by atoms with Gasteiger partial charge in [-0.05, 0) is 12.0 Å². The van der Waals surface area contributed by atoms with Crippen LogP contribution in [0.5, 0.6) is 0 Å². The summed E-state index contributed by atoms with van der Waals surface area (Å²) in [6.45, 7) is 1.72. The van der Waals surface area contributed by atoms with Crippen LogP contribution in [0.2, 0.25) is 0 Å². The largest absolute Gasteiger partial charge is 0.480 e. The maximum atomic E-state index is 11.5. The van der Waals surface area contributed by atoms with Gasteiger partial charge in [-0.25, -0.2) is 4.79 Å². The average Bonchev–Trinajstić information content (AvgIpc) is 2.27. The van der Waals surface area contributed by atoms with Crippen molar-refractivity contribution in [2.45, 2.75) is 25.8 Å². The van der Waals surface area contributed by atoms with Gasteiger partial charge in [0.05, 0.1) is 6.42 Å². The monoisotopic (exact) mass is 221 g/mol. The molecule has 0 bridgehead atoms. The fourth-order valence-electron chi connectivity index (χ4n) is 1.37. The molecule has 86 valence electrons. The number of carboxylic acids is 1. The van der Waals surface area contributed by atoms with Gasteiger partial charge in [0.1, 0.15) is 6.04 Å². The van der Waals surface area contributed by atoms with Crippen molar-refractivity contribution in [1.82, 2.24) is 5.32 Å². The molecule has 0 aromatic heterocycles. The van der Waals surface area contributed by atoms with E-state index < -0.39 is 12.0 Å². The Labute approximate surface area is 94.3 Å². The molecule has 2 N–H and O–H groups in total. The van der Waals surface area contributed by atoms with Gasteiger partial charge in [0.25, 0.3) is 0 Å². The van der Waals surface area contributed by atoms with Gasteiger partial charge in [0.2, 0.25) is 5.91 Å². The van der Waals surface area contributed by atoms with Gasteiger partial charge in [0.15, 0.2) is 0 Å². The standard InChI is InChI=1S/C12H15NO3/c1-2-10(12(15)16)13-11(14)8-9-6-4-3-5-7-9/h3-7,10H,2,8H2,1H3,(H,13,14)(H,15,16)/t10-/m1/s1. The van der Waals surface area contributed by atoms with Gasteiger partial charge < -0.3 is 10.4 Å². The number of carbonyl (C=O) groups excluding carboxylic acids is 1. The van der Waals surface area contributed by atoms with Gasteiger partial charge in [-0.1, -0.05) is 37.3 Å². The summed E-state index contributed by atoms with van der Waals surface area (Å²) < 4.78 is 0. The smallest absolute Gasteiger partial charge is 0.326 e. The third-order valence-corrected chi connectivity index (χ3v) is 2.25. The SMILES string of the molecule is CC[C@@H](NC(=O)Cc1ccccc1)C(=O)O. The second kappa shape index (κ2) is 5.90. The van der Waals surface area contributed by atoms with Crippen molar-refractivity contribution in [3.8, 4) is 0 Å². The van der Waals surface area contributed by atoms with Crippen molar-refractivity contribution >= 4 is 11.9 Å². The zero-order chi connectivity index (χ0) is 12.0. The van der Waals surface area contributed by atoms with Gasteiger partial charge in [0, 0.05) is 0 Å². The molecule has 0 fully saturated rings. The molecular formula is C12H15NO3. The molecule has 0 saturated carbocycles. The molecule has 1 atom stereocenters. The number of carbonyl (C=O) groups is 2. The fourth-order valence-corrected chi connectivity index (χ4v) is 1.37. The molecule has 0 spiro atoms. The number of hydrogen-bond donors (Lipinski definition) is 2. The zero-order valence-electron chi connectivity index (χ0n) is 9.14. The zero-order valence-corrected chi connectivity index (χ0v) is 9.14. The Bertz CT molecular complexity index is 362. The lowest BCUT2D eigenvalue weighted by molar-refractivity contribution is -0.141. The third kappa shape index (κ3) is 3.73. The molecular weight excluding hydrogens is 206 g/mol. The lowest BCUT2D eigenvalue weighted by Gasteiger charge is -2.11. The molecule has 0 aliphatic carbocycles. The van der Waals surface area contributed by atoms with Crippen molar-refractivity contribution in [3.63, 3.8) is 0 Å². The molecule has 0 heterocycles. The summed E-state index contributed by atoms with van der Waals surface area (Å²) in [6, 6.07) is 8.43. The van der Waals surface area contributed by atoms with Crippen LogP contribution in [0.25, 0.3) is 0 Å². The van der Waals surface area contributed by atoms with E-state index >= 15 is 0 Å². The summed E-state index contributed by atoms with van der Waals surface area (Å²) >= 11 is 0. The molecule has 0 radical (unpaired) electrons. The number of aliphatic carboxylic acids is 1. The van der Waals surface area contributed by atoms with Gasteiger partial charge in [-0.2, -0.15) is 0 Å². The van der Waals surface area contributed by atoms with E-state index in [1.807, 2.05) is 30.3 Å². The molecule has 1 aromatic carbocycles. The average molecular weight is 221 g/mol. The highest BCUT2D eigenvalue weighted by atomic mass is 16.4. The van der Waals surface area contributed by atoms with E-state index in [9.17, 15) is 9.59 Å². The molecule has 1 aromatic rings. The highest BCUT2D eigenvalue weighted by Gasteiger charge is 2.17. The van der Waals surface area contributed by atoms with Crippen LogP contribution in [0.3, 0.4) is 0 Å². The van der Waals surface area contributed by atoms with Gasteiger partial charge in [-0.3, -0.25) is 4.79 Å². The van der Waals surface area contributed by atoms with E-state index in [1.165, 1.54) is 0 Å². The lowest BCUT2D eigenvalue weighted by Crippen LogP contribution is -2.40. The van der Waals surface area contributed by atoms with Crippen LogP contribution in [0.15, 0.2) is 30.3 Å². The van der Waals surface area contributed by atoms with E-state index in [0.29, 0.717) is 6.42 Å². The third-order valence-electron chi connectivity index (χ3n) is 2.25. The first-order valence-electron chi connectivity index (χ1n) is 5.19. The number of hydrogen-bond acceptors (Lipinski definition) is 2. The Morgan fingerprint density at radius 3 is 2.44 bits per heavy atom. The van der Waals surface area contributed by atoms with Crippen molar-refractivity contribution in [1.29, 1.82) is 0 Å². The molecule has 0 aliphatic heterocycles. The Kier molecular flexibility index (Phi) is 4.51. The van der Waals surface area contributed by atoms with E-state index in [0.717, 1.165) is 5.56 Å². The molecule has 4 heteroatoms. The van der Waals surface area contributed by atoms with Gasteiger partial charge >= 0.3 is 5.97 Å². The Balaban J connectivity index is 2.50. The van der Waals surface area contributed by atoms with Crippen LogP contribution in [-0.2, 0) is 16.0 Å². The minimum absolute atomic E-state index is 0.213. The van der Waals surface area contributed by atoms with E-state index in [-0.39, 0.29) is 12.3 Å². The van der Waals surface area contributed by atoms with Crippen LogP contribution in [0.4, 0.5) is 0 Å². The summed E-state index contributed by atoms with van der Waals surface area (Å²) in [5, 5.41) is 11.2. The van der Waals surface area contributed by atoms with Crippen molar-refractivity contribution < 1.29 is 14.7 Å². The summed E-state index contributed by atoms with van der Waals surface area (Å²) in [5.41, 5.74) is 0.875. The fraction of sp³-hybridized carbons (Fsp3) is 0.333. The number of benzene rings is 1. The minimum atomic E-state index is -0.996. The second-order valence-corrected chi connectivity index (χ2v) is 3.53. The number of amides is 1. The topological polar surface area (TPSA) is 66.4 Å². The van der Waals surface area contributed by atoms with Crippen molar-refractivity contribution in [3.05, 3.63) is 35.9 Å². The minimum Gasteiger partial charge on any atom is -0.480 e. The van der Waals surface area contributed by atoms with Crippen LogP contribution < -0.4 is 5.32 Å². The molecule has 1 amide bonds. The Hall–Kier alpha value is -1.84. The first-order valence-corrected chi connectivity index (χ1v) is 5.19. The van der Waals surface area contributed by atoms with Crippen LogP contribution in [0.1, 0.15) is 18.9 Å². The number of carboxylic acid groups (broad SMARTS) is 1. The maximum absolute atomic E-state index is 11.5. The Morgan fingerprint density at radius 1 is 1.31 bits per heavy atom. The lowest BCUT2D eigenvalue weighted by atomic mass is 10.1. The second-order valence-electron chi connectivity index (χ2n) is 3.53. The number of nitrogens with one attached hydrogen (secondary N) is 1. The van der Waals surface area contributed by atoms with E-state index in [1.54, 1.807) is 6.92 Å². The summed E-state index contributed by atoms with van der Waals surface area (Å²) in [5.74, 6) is -1.26. The van der Waals surface area contributed by atoms with Crippen LogP contribution in [-0.4, -0.2) is 23.0 Å². The summed E-state index contributed by atoms with van der Waals surface area (Å²) in [7, 11) is 0. The highest BCUT2D eigenvalue weighted by Crippen LogP contribution is 2.00. The first-order chi connectivity index (χ1) is 7.63. The van der Waals surface area contributed by atoms with Crippen LogP contribution >= 0.6 is 0 Å². The van der Waals surface area contributed by atoms with Crippen LogP contribution in [0, 0.1) is 0 Å². The van der Waals surface area contributed by atoms with E-state index in [4.69, 9.17) is 5.11 Å². The first kappa shape index (κ1) is 12.2. The quantitative estimate of drug-likeness (QED) is 0.785. The summed E-state index contributed by atoms with van der Waals surface area (Å²) in [4.78, 5) is 22.2. The molecule has 0 unspecified atom stereocenters. The number of rotatable bonds is 5. The molecule has 1 rings (SSSR count). The van der Waals surface area contributed by atoms with Crippen molar-refractivity contribution in [2.24, 2.45) is 0 Å². The predicted octanol–water partition coefficient (Wildman–Crippen LogP) is 1.21. The Morgan fingerprint density at radius 2 is 1.94 bits per heavy atom. The molecule has 0 aliphatic rings. The summed E-state index contributed by atoms with van der Waals surface area (Å²) in [6.07, 6.45) is 0.598. The van der Waals surface area contributed by atoms with Crippen molar-refractivity contribution in [2.75, 3.05) is 0 Å². The highest BCUT2D eigenvalue weighted by molar-refractivity contribution is 5.84. The predicted molar refractivity (Wildman–Crippen MR) is 60.0 cm³/mol. The van der Waals surface area contributed by atoms with E-state index in [2.05, 4.69) is 5.32 Å². The maximum Gasteiger partial charge on any atom is 0.326 e.